The standard InChI is InChI=1S/C27H28F3NO2/c1-16-25-23(22-8-3-2-5-18(22)14-24(25)26(32)33-16)12-11-21-10-9-19(15-31-21)17-6-4-7-20(13-17)27(28,29)30/h4,6-7,9-13,15-16,18,22-25H,2-3,5,8,14H2,1H3/t16-,18+,22-,23+,24-,25+/m1/s1. The molecule has 1 aliphatic heterocycles. The molecule has 0 radical (unpaired) electrons. The first-order valence-corrected chi connectivity index (χ1v) is 11.8. The summed E-state index contributed by atoms with van der Waals surface area (Å²) in [6.45, 7) is 2.01. The number of alkyl halides is 3. The van der Waals surface area contributed by atoms with E-state index in [1.165, 1.54) is 31.7 Å². The van der Waals surface area contributed by atoms with Crippen LogP contribution in [0.4, 0.5) is 13.2 Å². The van der Waals surface area contributed by atoms with Gasteiger partial charge in [0.15, 0.2) is 0 Å². The molecule has 2 heterocycles. The minimum absolute atomic E-state index is 0.00903. The molecule has 1 aromatic carbocycles. The van der Waals surface area contributed by atoms with Crippen LogP contribution in [0, 0.1) is 29.6 Å². The second kappa shape index (κ2) is 8.62. The van der Waals surface area contributed by atoms with E-state index in [0.717, 1.165) is 24.2 Å². The number of rotatable bonds is 3. The number of esters is 1. The number of allylic oxidation sites excluding steroid dienone is 1. The number of pyridine rings is 1. The second-order valence-electron chi connectivity index (χ2n) is 9.76. The highest BCUT2D eigenvalue weighted by molar-refractivity contribution is 5.75. The highest BCUT2D eigenvalue weighted by atomic mass is 19.4. The summed E-state index contributed by atoms with van der Waals surface area (Å²) in [4.78, 5) is 16.9. The van der Waals surface area contributed by atoms with Crippen LogP contribution >= 0.6 is 0 Å². The van der Waals surface area contributed by atoms with E-state index in [1.54, 1.807) is 18.3 Å². The Morgan fingerprint density at radius 3 is 2.67 bits per heavy atom. The number of cyclic esters (lactones) is 1. The van der Waals surface area contributed by atoms with E-state index in [0.29, 0.717) is 23.0 Å². The van der Waals surface area contributed by atoms with Crippen LogP contribution in [0.3, 0.4) is 0 Å². The first-order chi connectivity index (χ1) is 15.8. The Kier molecular flexibility index (Phi) is 5.79. The van der Waals surface area contributed by atoms with Gasteiger partial charge in [-0.1, -0.05) is 43.5 Å². The third kappa shape index (κ3) is 4.32. The Balaban J connectivity index is 1.38. The molecule has 0 amide bonds. The molecule has 1 aromatic heterocycles. The minimum atomic E-state index is -4.37. The summed E-state index contributed by atoms with van der Waals surface area (Å²) in [7, 11) is 0. The van der Waals surface area contributed by atoms with Crippen LogP contribution < -0.4 is 0 Å². The van der Waals surface area contributed by atoms with Gasteiger partial charge in [-0.15, -0.1) is 0 Å². The summed E-state index contributed by atoms with van der Waals surface area (Å²) in [5.74, 6) is 1.57. The summed E-state index contributed by atoms with van der Waals surface area (Å²) in [6, 6.07) is 8.94. The maximum atomic E-state index is 13.0. The number of ether oxygens (including phenoxy) is 1. The predicted octanol–water partition coefficient (Wildman–Crippen LogP) is 6.78. The van der Waals surface area contributed by atoms with Crippen LogP contribution in [0.5, 0.6) is 0 Å². The molecule has 5 rings (SSSR count). The van der Waals surface area contributed by atoms with E-state index in [2.05, 4.69) is 11.1 Å². The van der Waals surface area contributed by atoms with Gasteiger partial charge in [0.2, 0.25) is 0 Å². The molecule has 33 heavy (non-hydrogen) atoms. The van der Waals surface area contributed by atoms with Crippen LogP contribution in [0.25, 0.3) is 17.2 Å². The number of halogens is 3. The summed E-state index contributed by atoms with van der Waals surface area (Å²) in [5.41, 5.74) is 1.23. The lowest BCUT2D eigenvalue weighted by molar-refractivity contribution is -0.144. The van der Waals surface area contributed by atoms with Crippen LogP contribution in [0.2, 0.25) is 0 Å². The van der Waals surface area contributed by atoms with Gasteiger partial charge < -0.3 is 4.74 Å². The monoisotopic (exact) mass is 455 g/mol. The summed E-state index contributed by atoms with van der Waals surface area (Å²) in [6.07, 6.45) is 7.18. The molecular formula is C27H28F3NO2. The van der Waals surface area contributed by atoms with E-state index in [1.807, 2.05) is 19.1 Å². The molecular weight excluding hydrogens is 427 g/mol. The number of benzene rings is 1. The number of hydrogen-bond acceptors (Lipinski definition) is 3. The zero-order valence-electron chi connectivity index (χ0n) is 18.6. The number of carbonyl (C=O) groups is 1. The van der Waals surface area contributed by atoms with E-state index in [9.17, 15) is 18.0 Å². The topological polar surface area (TPSA) is 39.2 Å². The molecule has 2 aromatic rings. The predicted molar refractivity (Wildman–Crippen MR) is 120 cm³/mol. The molecule has 2 aliphatic carbocycles. The molecule has 1 saturated heterocycles. The van der Waals surface area contributed by atoms with Crippen molar-refractivity contribution >= 4 is 12.0 Å². The molecule has 0 unspecified atom stereocenters. The fraction of sp³-hybridized carbons (Fsp3) is 0.481. The molecule has 174 valence electrons. The van der Waals surface area contributed by atoms with Gasteiger partial charge in [-0.05, 0) is 67.4 Å². The van der Waals surface area contributed by atoms with Gasteiger partial charge in [0, 0.05) is 17.7 Å². The third-order valence-electron chi connectivity index (χ3n) is 7.87. The Hall–Kier alpha value is -2.63. The van der Waals surface area contributed by atoms with Crippen molar-refractivity contribution in [2.75, 3.05) is 0 Å². The normalized spacial score (nSPS) is 31.8. The number of fused-ring (bicyclic) bond motifs is 2. The Bertz CT molecular complexity index is 1050. The average molecular weight is 456 g/mol. The van der Waals surface area contributed by atoms with Crippen LogP contribution in [-0.4, -0.2) is 17.1 Å². The number of carbonyl (C=O) groups excluding carboxylic acids is 1. The number of aromatic nitrogens is 1. The molecule has 3 nitrogen and oxygen atoms in total. The van der Waals surface area contributed by atoms with Crippen molar-refractivity contribution in [3.8, 4) is 11.1 Å². The van der Waals surface area contributed by atoms with Crippen molar-refractivity contribution in [2.24, 2.45) is 29.6 Å². The van der Waals surface area contributed by atoms with Gasteiger partial charge in [-0.25, -0.2) is 0 Å². The molecule has 3 fully saturated rings. The molecule has 0 bridgehead atoms. The molecule has 0 spiro atoms. The summed E-state index contributed by atoms with van der Waals surface area (Å²) in [5, 5.41) is 0. The smallest absolute Gasteiger partial charge is 0.416 e. The fourth-order valence-electron chi connectivity index (χ4n) is 6.35. The van der Waals surface area contributed by atoms with Crippen molar-refractivity contribution < 1.29 is 22.7 Å². The van der Waals surface area contributed by atoms with E-state index in [4.69, 9.17) is 4.74 Å². The Morgan fingerprint density at radius 1 is 1.09 bits per heavy atom. The molecule has 6 heteroatoms. The van der Waals surface area contributed by atoms with Crippen molar-refractivity contribution in [2.45, 2.75) is 51.3 Å². The van der Waals surface area contributed by atoms with Crippen molar-refractivity contribution in [1.82, 2.24) is 4.98 Å². The number of hydrogen-bond donors (Lipinski definition) is 0. The lowest BCUT2D eigenvalue weighted by atomic mass is 9.57. The van der Waals surface area contributed by atoms with Crippen molar-refractivity contribution in [3.63, 3.8) is 0 Å². The maximum absolute atomic E-state index is 13.0. The first-order valence-electron chi connectivity index (χ1n) is 11.8. The van der Waals surface area contributed by atoms with E-state index >= 15 is 0 Å². The van der Waals surface area contributed by atoms with Gasteiger partial charge in [0.05, 0.1) is 17.2 Å². The zero-order chi connectivity index (χ0) is 23.2. The molecule has 0 N–H and O–H groups in total. The fourth-order valence-corrected chi connectivity index (χ4v) is 6.35. The summed E-state index contributed by atoms with van der Waals surface area (Å²) < 4.78 is 44.7. The van der Waals surface area contributed by atoms with Crippen molar-refractivity contribution in [3.05, 3.63) is 59.9 Å². The van der Waals surface area contributed by atoms with Crippen LogP contribution in [0.1, 0.15) is 50.3 Å². The third-order valence-corrected chi connectivity index (χ3v) is 7.87. The summed E-state index contributed by atoms with van der Waals surface area (Å²) >= 11 is 0. The largest absolute Gasteiger partial charge is 0.462 e. The highest BCUT2D eigenvalue weighted by Crippen LogP contribution is 2.53. The Morgan fingerprint density at radius 2 is 1.91 bits per heavy atom. The molecule has 3 aliphatic rings. The SMILES string of the molecule is C[C@H]1OC(=O)[C@@H]2C[C@@H]3CCCC[C@H]3[C@H](C=Cc3ccc(-c4cccc(C(F)(F)F)c4)cn3)[C@H]12. The van der Waals surface area contributed by atoms with Crippen LogP contribution in [-0.2, 0) is 15.7 Å². The van der Waals surface area contributed by atoms with Gasteiger partial charge in [-0.3, -0.25) is 9.78 Å². The zero-order valence-corrected chi connectivity index (χ0v) is 18.6. The lowest BCUT2D eigenvalue weighted by Gasteiger charge is -2.45. The lowest BCUT2D eigenvalue weighted by Crippen LogP contribution is -2.42. The first kappa shape index (κ1) is 22.2. The average Bonchev–Trinajstić information content (AvgIpc) is 3.09. The van der Waals surface area contributed by atoms with Gasteiger partial charge in [0.25, 0.3) is 0 Å². The maximum Gasteiger partial charge on any atom is 0.416 e. The van der Waals surface area contributed by atoms with Crippen molar-refractivity contribution in [1.29, 1.82) is 0 Å². The van der Waals surface area contributed by atoms with Crippen LogP contribution in [0.15, 0.2) is 48.7 Å². The minimum Gasteiger partial charge on any atom is -0.462 e. The highest BCUT2D eigenvalue weighted by Gasteiger charge is 2.53. The van der Waals surface area contributed by atoms with Gasteiger partial charge in [0.1, 0.15) is 6.10 Å². The Labute approximate surface area is 192 Å². The molecule has 6 atom stereocenters. The van der Waals surface area contributed by atoms with E-state index < -0.39 is 11.7 Å². The van der Waals surface area contributed by atoms with Gasteiger partial charge in [-0.2, -0.15) is 13.2 Å². The quantitative estimate of drug-likeness (QED) is 0.479. The van der Waals surface area contributed by atoms with Gasteiger partial charge >= 0.3 is 12.1 Å². The second-order valence-corrected chi connectivity index (χ2v) is 9.76. The van der Waals surface area contributed by atoms with E-state index in [-0.39, 0.29) is 29.8 Å². The number of nitrogens with zero attached hydrogens (tertiary/aromatic N) is 1. The molecule has 2 saturated carbocycles.